The fourth-order valence-corrected chi connectivity index (χ4v) is 2.08. The molecule has 2 aromatic rings. The summed E-state index contributed by atoms with van der Waals surface area (Å²) < 4.78 is 11.9. The van der Waals surface area contributed by atoms with Crippen LogP contribution >= 0.6 is 0 Å². The number of benzene rings is 1. The van der Waals surface area contributed by atoms with Crippen LogP contribution in [0.2, 0.25) is 0 Å². The third kappa shape index (κ3) is 2.47. The van der Waals surface area contributed by atoms with Gasteiger partial charge in [0, 0.05) is 11.9 Å². The highest BCUT2D eigenvalue weighted by Crippen LogP contribution is 2.25. The summed E-state index contributed by atoms with van der Waals surface area (Å²) >= 11 is 0. The van der Waals surface area contributed by atoms with E-state index in [-0.39, 0.29) is 0 Å². The van der Waals surface area contributed by atoms with Gasteiger partial charge in [-0.2, -0.15) is 0 Å². The zero-order valence-electron chi connectivity index (χ0n) is 11.8. The van der Waals surface area contributed by atoms with Crippen molar-refractivity contribution in [1.82, 2.24) is 4.57 Å². The summed E-state index contributed by atoms with van der Waals surface area (Å²) in [5.41, 5.74) is 8.14. The van der Waals surface area contributed by atoms with Gasteiger partial charge in [-0.3, -0.25) is 0 Å². The molecule has 5 heteroatoms. The quantitative estimate of drug-likeness (QED) is 0.870. The highest BCUT2D eigenvalue weighted by molar-refractivity contribution is 5.96. The Hall–Kier alpha value is -2.43. The minimum absolute atomic E-state index is 0.325. The van der Waals surface area contributed by atoms with Crippen LogP contribution in [0.3, 0.4) is 0 Å². The summed E-state index contributed by atoms with van der Waals surface area (Å²) in [5.74, 6) is 0.752. The minimum atomic E-state index is -0.394. The first kappa shape index (κ1) is 14.0. The maximum atomic E-state index is 11.9. The van der Waals surface area contributed by atoms with Crippen LogP contribution < -0.4 is 10.5 Å². The number of hydrogen-bond donors (Lipinski definition) is 1. The van der Waals surface area contributed by atoms with E-state index in [0.717, 1.165) is 17.0 Å². The second-order valence-electron chi connectivity index (χ2n) is 4.36. The molecular weight excluding hydrogens is 256 g/mol. The van der Waals surface area contributed by atoms with Gasteiger partial charge in [0.05, 0.1) is 13.7 Å². The summed E-state index contributed by atoms with van der Waals surface area (Å²) in [5, 5.41) is 0. The van der Waals surface area contributed by atoms with E-state index in [1.54, 1.807) is 18.6 Å². The number of nitrogen functional groups attached to an aromatic ring is 1. The summed E-state index contributed by atoms with van der Waals surface area (Å²) in [4.78, 5) is 11.9. The number of methoxy groups -OCH3 is 1. The Morgan fingerprint density at radius 1 is 1.30 bits per heavy atom. The Kier molecular flexibility index (Phi) is 3.98. The van der Waals surface area contributed by atoms with Crippen LogP contribution in [0, 0.1) is 6.92 Å². The third-order valence-electron chi connectivity index (χ3n) is 3.06. The normalized spacial score (nSPS) is 10.3. The van der Waals surface area contributed by atoms with E-state index >= 15 is 0 Å². The smallest absolute Gasteiger partial charge is 0.342 e. The monoisotopic (exact) mass is 274 g/mol. The van der Waals surface area contributed by atoms with Crippen LogP contribution in [0.1, 0.15) is 22.8 Å². The molecule has 0 fully saturated rings. The van der Waals surface area contributed by atoms with Crippen molar-refractivity contribution >= 4 is 11.8 Å². The Labute approximate surface area is 117 Å². The van der Waals surface area contributed by atoms with E-state index in [1.807, 2.05) is 37.4 Å². The lowest BCUT2D eigenvalue weighted by Crippen LogP contribution is -2.09. The maximum absolute atomic E-state index is 11.9. The topological polar surface area (TPSA) is 66.5 Å². The second-order valence-corrected chi connectivity index (χ2v) is 4.36. The fraction of sp³-hybridized carbons (Fsp3) is 0.267. The summed E-state index contributed by atoms with van der Waals surface area (Å²) in [6, 6.07) is 7.44. The zero-order valence-corrected chi connectivity index (χ0v) is 11.8. The molecule has 0 radical (unpaired) electrons. The number of anilines is 1. The van der Waals surface area contributed by atoms with Crippen molar-refractivity contribution in [3.8, 4) is 11.4 Å². The lowest BCUT2D eigenvalue weighted by Gasteiger charge is -2.08. The van der Waals surface area contributed by atoms with Crippen LogP contribution in [0.15, 0.2) is 30.5 Å². The molecule has 2 rings (SSSR count). The van der Waals surface area contributed by atoms with Crippen LogP contribution in [-0.4, -0.2) is 24.3 Å². The molecule has 0 spiro atoms. The van der Waals surface area contributed by atoms with Crippen molar-refractivity contribution in [3.63, 3.8) is 0 Å². The molecule has 0 aliphatic rings. The first-order chi connectivity index (χ1) is 9.58. The number of carbonyl (C=O) groups is 1. The molecule has 20 heavy (non-hydrogen) atoms. The van der Waals surface area contributed by atoms with Crippen LogP contribution in [0.5, 0.6) is 5.75 Å². The number of carbonyl (C=O) groups excluding carboxylic acids is 1. The molecule has 0 amide bonds. The zero-order chi connectivity index (χ0) is 14.7. The number of esters is 1. The fourth-order valence-electron chi connectivity index (χ4n) is 2.08. The molecular formula is C15H18N2O3. The van der Waals surface area contributed by atoms with E-state index in [9.17, 15) is 4.79 Å². The molecule has 5 nitrogen and oxygen atoms in total. The van der Waals surface area contributed by atoms with Gasteiger partial charge >= 0.3 is 5.97 Å². The van der Waals surface area contributed by atoms with Crippen LogP contribution in [0.4, 0.5) is 5.82 Å². The van der Waals surface area contributed by atoms with Gasteiger partial charge in [-0.05, 0) is 43.7 Å². The molecule has 0 unspecified atom stereocenters. The molecule has 0 saturated carbocycles. The number of nitrogens with two attached hydrogens (primary N) is 1. The molecule has 1 heterocycles. The van der Waals surface area contributed by atoms with Gasteiger partial charge < -0.3 is 19.8 Å². The number of nitrogens with zero attached hydrogens (tertiary/aromatic N) is 1. The van der Waals surface area contributed by atoms with Gasteiger partial charge in [0.15, 0.2) is 0 Å². The molecule has 0 bridgehead atoms. The second kappa shape index (κ2) is 5.69. The lowest BCUT2D eigenvalue weighted by molar-refractivity contribution is 0.0527. The van der Waals surface area contributed by atoms with Gasteiger partial charge in [0.1, 0.15) is 17.1 Å². The molecule has 2 N–H and O–H groups in total. The number of hydrogen-bond acceptors (Lipinski definition) is 4. The third-order valence-corrected chi connectivity index (χ3v) is 3.06. The molecule has 0 aliphatic carbocycles. The Morgan fingerprint density at radius 2 is 1.95 bits per heavy atom. The number of aromatic nitrogens is 1. The standard InChI is InChI=1S/C15H18N2O3/c1-4-20-15(18)13-10(2)9-17(14(13)16)11-5-7-12(19-3)8-6-11/h5-9H,4,16H2,1-3H3. The van der Waals surface area contributed by atoms with Gasteiger partial charge in [-0.25, -0.2) is 4.79 Å². The molecule has 0 atom stereocenters. The predicted octanol–water partition coefficient (Wildman–Crippen LogP) is 2.55. The van der Waals surface area contributed by atoms with Gasteiger partial charge in [-0.15, -0.1) is 0 Å². The van der Waals surface area contributed by atoms with Crippen molar-refractivity contribution in [2.75, 3.05) is 19.5 Å². The Balaban J connectivity index is 2.42. The highest BCUT2D eigenvalue weighted by Gasteiger charge is 2.19. The molecule has 0 aliphatic heterocycles. The van der Waals surface area contributed by atoms with Gasteiger partial charge in [-0.1, -0.05) is 0 Å². The SMILES string of the molecule is CCOC(=O)c1c(C)cn(-c2ccc(OC)cc2)c1N. The van der Waals surface area contributed by atoms with Crippen molar-refractivity contribution in [3.05, 3.63) is 41.6 Å². The molecule has 1 aromatic carbocycles. The lowest BCUT2D eigenvalue weighted by atomic mass is 10.2. The van der Waals surface area contributed by atoms with Crippen molar-refractivity contribution < 1.29 is 14.3 Å². The van der Waals surface area contributed by atoms with Crippen molar-refractivity contribution in [1.29, 1.82) is 0 Å². The average Bonchev–Trinajstić information content (AvgIpc) is 2.74. The largest absolute Gasteiger partial charge is 0.497 e. The first-order valence-electron chi connectivity index (χ1n) is 6.37. The highest BCUT2D eigenvalue weighted by atomic mass is 16.5. The van der Waals surface area contributed by atoms with Crippen LogP contribution in [-0.2, 0) is 4.74 Å². The summed E-state index contributed by atoms with van der Waals surface area (Å²) in [6.07, 6.45) is 1.82. The molecule has 1 aromatic heterocycles. The van der Waals surface area contributed by atoms with Crippen LogP contribution in [0.25, 0.3) is 5.69 Å². The van der Waals surface area contributed by atoms with Gasteiger partial charge in [0.25, 0.3) is 0 Å². The maximum Gasteiger partial charge on any atom is 0.342 e. The van der Waals surface area contributed by atoms with E-state index < -0.39 is 5.97 Å². The first-order valence-corrected chi connectivity index (χ1v) is 6.37. The van der Waals surface area contributed by atoms with Gasteiger partial charge in [0.2, 0.25) is 0 Å². The molecule has 0 saturated heterocycles. The Bertz CT molecular complexity index is 615. The Morgan fingerprint density at radius 3 is 2.50 bits per heavy atom. The van der Waals surface area contributed by atoms with Crippen molar-refractivity contribution in [2.45, 2.75) is 13.8 Å². The number of ether oxygens (including phenoxy) is 2. The summed E-state index contributed by atoms with van der Waals surface area (Å²) in [7, 11) is 1.61. The summed E-state index contributed by atoms with van der Waals surface area (Å²) in [6.45, 7) is 3.93. The number of rotatable bonds is 4. The minimum Gasteiger partial charge on any atom is -0.497 e. The average molecular weight is 274 g/mol. The molecule has 106 valence electrons. The van der Waals surface area contributed by atoms with E-state index in [0.29, 0.717) is 18.0 Å². The van der Waals surface area contributed by atoms with E-state index in [4.69, 9.17) is 15.2 Å². The van der Waals surface area contributed by atoms with E-state index in [2.05, 4.69) is 0 Å². The number of aryl methyl sites for hydroxylation is 1. The van der Waals surface area contributed by atoms with Crippen molar-refractivity contribution in [2.24, 2.45) is 0 Å². The predicted molar refractivity (Wildman–Crippen MR) is 77.4 cm³/mol. The van der Waals surface area contributed by atoms with E-state index in [1.165, 1.54) is 0 Å².